The van der Waals surface area contributed by atoms with Crippen LogP contribution in [-0.2, 0) is 20.9 Å². The summed E-state index contributed by atoms with van der Waals surface area (Å²) in [6.45, 7) is 2.95. The van der Waals surface area contributed by atoms with Crippen LogP contribution in [0.2, 0.25) is 0 Å². The van der Waals surface area contributed by atoms with E-state index in [1.54, 1.807) is 0 Å². The average molecular weight is 394 g/mol. The fraction of sp³-hybridized carbons (Fsp3) is 0.562. The van der Waals surface area contributed by atoms with Crippen molar-refractivity contribution >= 4 is 16.0 Å². The Labute approximate surface area is 150 Å². The number of nitrogens with zero attached hydrogens (tertiary/aromatic N) is 1. The van der Waals surface area contributed by atoms with Gasteiger partial charge in [-0.15, -0.1) is 0 Å². The highest BCUT2D eigenvalue weighted by atomic mass is 32.2. The molecule has 1 N–H and O–H groups in total. The number of alkyl halides is 3. The number of methoxy groups -OCH3 is 1. The lowest BCUT2D eigenvalue weighted by molar-refractivity contribution is -0.138. The van der Waals surface area contributed by atoms with Crippen LogP contribution < -0.4 is 5.32 Å². The maximum absolute atomic E-state index is 13.3. The molecule has 1 unspecified atom stereocenters. The first-order valence-electron chi connectivity index (χ1n) is 8.15. The minimum absolute atomic E-state index is 0.174. The first-order chi connectivity index (χ1) is 12.1. The molecule has 0 amide bonds. The summed E-state index contributed by atoms with van der Waals surface area (Å²) >= 11 is 0. The smallest absolute Gasteiger partial charge is 0.417 e. The van der Waals surface area contributed by atoms with E-state index in [4.69, 9.17) is 0 Å². The molecule has 0 spiro atoms. The normalized spacial score (nSPS) is 19.3. The van der Waals surface area contributed by atoms with Crippen LogP contribution in [0.4, 0.5) is 13.2 Å². The Kier molecular flexibility index (Phi) is 6.30. The lowest BCUT2D eigenvalue weighted by Crippen LogP contribution is -2.53. The first-order valence-corrected chi connectivity index (χ1v) is 9.59. The van der Waals surface area contributed by atoms with Gasteiger partial charge in [0.15, 0.2) is 0 Å². The van der Waals surface area contributed by atoms with Gasteiger partial charge in [0.2, 0.25) is 10.0 Å². The minimum Gasteiger partial charge on any atom is -0.465 e. The molecule has 26 heavy (non-hydrogen) atoms. The Bertz CT molecular complexity index is 763. The van der Waals surface area contributed by atoms with Gasteiger partial charge in [0, 0.05) is 25.7 Å². The van der Waals surface area contributed by atoms with E-state index in [0.717, 1.165) is 25.7 Å². The number of hydrogen-bond donors (Lipinski definition) is 1. The van der Waals surface area contributed by atoms with E-state index in [9.17, 15) is 26.4 Å². The van der Waals surface area contributed by atoms with E-state index in [2.05, 4.69) is 10.1 Å². The second kappa shape index (κ2) is 7.93. The first kappa shape index (κ1) is 20.7. The van der Waals surface area contributed by atoms with E-state index in [-0.39, 0.29) is 12.6 Å². The predicted octanol–water partition coefficient (Wildman–Crippen LogP) is 2.25. The summed E-state index contributed by atoms with van der Waals surface area (Å²) in [5.74, 6) is -1.17. The van der Waals surface area contributed by atoms with Crippen LogP contribution in [0.3, 0.4) is 0 Å². The van der Waals surface area contributed by atoms with Crippen LogP contribution >= 0.6 is 0 Å². The van der Waals surface area contributed by atoms with Gasteiger partial charge in [0.25, 0.3) is 0 Å². The predicted molar refractivity (Wildman–Crippen MR) is 88.2 cm³/mol. The number of ether oxygens (including phenoxy) is 1. The Morgan fingerprint density at radius 1 is 1.38 bits per heavy atom. The van der Waals surface area contributed by atoms with Crippen LogP contribution in [0.1, 0.15) is 35.7 Å². The number of esters is 1. The maximum Gasteiger partial charge on any atom is 0.417 e. The highest BCUT2D eigenvalue weighted by Crippen LogP contribution is 2.35. The second-order valence-electron chi connectivity index (χ2n) is 5.96. The fourth-order valence-electron chi connectivity index (χ4n) is 2.98. The Hall–Kier alpha value is -1.65. The zero-order chi connectivity index (χ0) is 19.5. The summed E-state index contributed by atoms with van der Waals surface area (Å²) in [6, 6.07) is 2.04. The monoisotopic (exact) mass is 394 g/mol. The summed E-state index contributed by atoms with van der Waals surface area (Å²) in [7, 11) is -3.16. The Balaban J connectivity index is 2.51. The van der Waals surface area contributed by atoms with Crippen molar-refractivity contribution < 1.29 is 31.1 Å². The largest absolute Gasteiger partial charge is 0.465 e. The molecule has 1 aliphatic heterocycles. The van der Waals surface area contributed by atoms with Crippen molar-refractivity contribution in [2.45, 2.75) is 36.9 Å². The van der Waals surface area contributed by atoms with Gasteiger partial charge in [-0.1, -0.05) is 13.3 Å². The van der Waals surface area contributed by atoms with Gasteiger partial charge >= 0.3 is 12.1 Å². The molecule has 1 atom stereocenters. The number of sulfonamides is 1. The second-order valence-corrected chi connectivity index (χ2v) is 7.85. The maximum atomic E-state index is 13.3. The van der Waals surface area contributed by atoms with Gasteiger partial charge in [-0.25, -0.2) is 13.2 Å². The molecule has 146 valence electrons. The number of carbonyl (C=O) groups is 1. The lowest BCUT2D eigenvalue weighted by Gasteiger charge is -2.35. The van der Waals surface area contributed by atoms with Gasteiger partial charge in [0.05, 0.1) is 23.1 Å². The van der Waals surface area contributed by atoms with Gasteiger partial charge in [-0.2, -0.15) is 17.5 Å². The molecule has 2 rings (SSSR count). The number of rotatable bonds is 5. The number of piperazine rings is 1. The van der Waals surface area contributed by atoms with Crippen molar-refractivity contribution in [2.24, 2.45) is 0 Å². The standard InChI is InChI=1S/C16H21F3N2O4S/c1-3-4-11-10-20-7-8-21(11)26(23,24)12-5-6-13(15(22)25-2)14(9-12)16(17,18)19/h5-6,9,11,20H,3-4,7-8,10H2,1-2H3. The third kappa shape index (κ3) is 4.18. The lowest BCUT2D eigenvalue weighted by atomic mass is 10.1. The molecule has 0 aliphatic carbocycles. The molecule has 1 aliphatic rings. The van der Waals surface area contributed by atoms with E-state index < -0.39 is 38.2 Å². The Morgan fingerprint density at radius 3 is 2.65 bits per heavy atom. The van der Waals surface area contributed by atoms with Gasteiger partial charge in [-0.05, 0) is 24.6 Å². The zero-order valence-electron chi connectivity index (χ0n) is 14.5. The zero-order valence-corrected chi connectivity index (χ0v) is 15.3. The van der Waals surface area contributed by atoms with Crippen LogP contribution in [0.15, 0.2) is 23.1 Å². The quantitative estimate of drug-likeness (QED) is 0.776. The molecule has 1 aromatic rings. The van der Waals surface area contributed by atoms with E-state index in [0.29, 0.717) is 25.6 Å². The molecule has 1 saturated heterocycles. The molecular weight excluding hydrogens is 373 g/mol. The summed E-state index contributed by atoms with van der Waals surface area (Å²) in [4.78, 5) is 11.1. The minimum atomic E-state index is -4.89. The van der Waals surface area contributed by atoms with Gasteiger partial charge in [0.1, 0.15) is 0 Å². The highest BCUT2D eigenvalue weighted by molar-refractivity contribution is 7.89. The van der Waals surface area contributed by atoms with Crippen LogP contribution in [0.5, 0.6) is 0 Å². The number of nitrogens with one attached hydrogen (secondary N) is 1. The molecule has 10 heteroatoms. The summed E-state index contributed by atoms with van der Waals surface area (Å²) in [5.41, 5.74) is -2.04. The molecule has 0 radical (unpaired) electrons. The van der Waals surface area contributed by atoms with E-state index in [1.807, 2.05) is 6.92 Å². The highest BCUT2D eigenvalue weighted by Gasteiger charge is 2.39. The number of hydrogen-bond acceptors (Lipinski definition) is 5. The third-order valence-electron chi connectivity index (χ3n) is 4.23. The van der Waals surface area contributed by atoms with Crippen LogP contribution in [0.25, 0.3) is 0 Å². The summed E-state index contributed by atoms with van der Waals surface area (Å²) in [5, 5.41) is 3.09. The summed E-state index contributed by atoms with van der Waals surface area (Å²) < 4.78 is 71.4. The molecule has 1 heterocycles. The topological polar surface area (TPSA) is 75.7 Å². The van der Waals surface area contributed by atoms with E-state index in [1.165, 1.54) is 4.31 Å². The van der Waals surface area contributed by atoms with Crippen molar-refractivity contribution in [2.75, 3.05) is 26.7 Å². The van der Waals surface area contributed by atoms with Crippen molar-refractivity contribution in [3.63, 3.8) is 0 Å². The molecular formula is C16H21F3N2O4S. The van der Waals surface area contributed by atoms with Crippen molar-refractivity contribution in [3.8, 4) is 0 Å². The molecule has 0 bridgehead atoms. The molecule has 0 aromatic heterocycles. The molecule has 1 fully saturated rings. The summed E-state index contributed by atoms with van der Waals surface area (Å²) in [6.07, 6.45) is -3.55. The number of carbonyl (C=O) groups excluding carboxylic acids is 1. The SMILES string of the molecule is CCCC1CNCCN1S(=O)(=O)c1ccc(C(=O)OC)c(C(F)(F)F)c1. The van der Waals surface area contributed by atoms with Gasteiger partial charge < -0.3 is 10.1 Å². The van der Waals surface area contributed by atoms with Crippen molar-refractivity contribution in [1.29, 1.82) is 0 Å². The number of benzene rings is 1. The van der Waals surface area contributed by atoms with Crippen molar-refractivity contribution in [1.82, 2.24) is 9.62 Å². The fourth-order valence-corrected chi connectivity index (χ4v) is 4.66. The van der Waals surface area contributed by atoms with Crippen LogP contribution in [-0.4, -0.2) is 51.5 Å². The van der Waals surface area contributed by atoms with Crippen molar-refractivity contribution in [3.05, 3.63) is 29.3 Å². The average Bonchev–Trinajstić information content (AvgIpc) is 2.60. The molecule has 0 saturated carbocycles. The molecule has 6 nitrogen and oxygen atoms in total. The van der Waals surface area contributed by atoms with Crippen LogP contribution in [0, 0.1) is 0 Å². The van der Waals surface area contributed by atoms with E-state index >= 15 is 0 Å². The number of halogens is 3. The van der Waals surface area contributed by atoms with Gasteiger partial charge in [-0.3, -0.25) is 0 Å². The molecule has 1 aromatic carbocycles. The Morgan fingerprint density at radius 2 is 2.08 bits per heavy atom. The third-order valence-corrected chi connectivity index (χ3v) is 6.17.